The molecule has 0 saturated carbocycles. The first-order valence-electron chi connectivity index (χ1n) is 13.8. The SMILES string of the molecule is Cc1ccc(N(C(=O)c2ccncc2)C2CNCCO2)cc1NC(=O)c1cc(N(C)CCCN(C)C)ccc1[N+](=O)[O-]. The number of morpholine rings is 1. The number of nitrogens with zero attached hydrogens (tertiary/aromatic N) is 5. The molecule has 0 aliphatic carbocycles. The monoisotopic (exact) mass is 575 g/mol. The first-order valence-corrected chi connectivity index (χ1v) is 13.8. The number of aryl methyl sites for hydroxylation is 1. The van der Waals surface area contributed by atoms with Gasteiger partial charge in [0, 0.05) is 67.8 Å². The fourth-order valence-corrected chi connectivity index (χ4v) is 4.71. The lowest BCUT2D eigenvalue weighted by molar-refractivity contribution is -0.385. The van der Waals surface area contributed by atoms with Crippen molar-refractivity contribution in [3.63, 3.8) is 0 Å². The summed E-state index contributed by atoms with van der Waals surface area (Å²) in [5.74, 6) is -0.902. The minimum absolute atomic E-state index is 0.0497. The predicted octanol–water partition coefficient (Wildman–Crippen LogP) is 3.53. The van der Waals surface area contributed by atoms with Crippen LogP contribution in [0.5, 0.6) is 0 Å². The van der Waals surface area contributed by atoms with Gasteiger partial charge in [-0.2, -0.15) is 0 Å². The molecule has 2 heterocycles. The third kappa shape index (κ3) is 7.46. The highest BCUT2D eigenvalue weighted by Gasteiger charge is 2.29. The summed E-state index contributed by atoms with van der Waals surface area (Å²) < 4.78 is 5.93. The second-order valence-electron chi connectivity index (χ2n) is 10.4. The van der Waals surface area contributed by atoms with Gasteiger partial charge < -0.3 is 25.2 Å². The Morgan fingerprint density at radius 1 is 1.07 bits per heavy atom. The van der Waals surface area contributed by atoms with Gasteiger partial charge in [-0.25, -0.2) is 0 Å². The second-order valence-corrected chi connectivity index (χ2v) is 10.4. The fraction of sp³-hybridized carbons (Fsp3) is 0.367. The Morgan fingerprint density at radius 2 is 1.81 bits per heavy atom. The molecular formula is C30H37N7O5. The van der Waals surface area contributed by atoms with Crippen LogP contribution in [0.1, 0.15) is 32.7 Å². The van der Waals surface area contributed by atoms with Gasteiger partial charge in [-0.05, 0) is 75.9 Å². The Morgan fingerprint density at radius 3 is 2.48 bits per heavy atom. The molecule has 42 heavy (non-hydrogen) atoms. The number of amides is 2. The van der Waals surface area contributed by atoms with E-state index in [2.05, 4.69) is 20.5 Å². The lowest BCUT2D eigenvalue weighted by Crippen LogP contribution is -2.52. The standard InChI is InChI=1S/C30H37N7O5/c1-21-6-7-24(36(28-20-32-14-17-42-28)30(39)22-10-12-31-13-11-22)19-26(21)33-29(38)25-18-23(8-9-27(25)37(40)41)35(4)16-5-15-34(2)3/h6-13,18-19,28,32H,5,14-17,20H2,1-4H3,(H,33,38). The third-order valence-corrected chi connectivity index (χ3v) is 7.05. The molecule has 3 aromatic rings. The van der Waals surface area contributed by atoms with E-state index in [4.69, 9.17) is 4.74 Å². The van der Waals surface area contributed by atoms with Gasteiger partial charge in [0.2, 0.25) is 0 Å². The number of hydrogen-bond acceptors (Lipinski definition) is 9. The number of aromatic nitrogens is 1. The van der Waals surface area contributed by atoms with E-state index in [0.717, 1.165) is 25.1 Å². The topological polar surface area (TPSA) is 133 Å². The minimum Gasteiger partial charge on any atom is -0.375 e. The molecule has 1 saturated heterocycles. The molecule has 12 heteroatoms. The van der Waals surface area contributed by atoms with Crippen molar-refractivity contribution >= 4 is 34.6 Å². The van der Waals surface area contributed by atoms with E-state index in [1.165, 1.54) is 6.07 Å². The number of anilines is 3. The van der Waals surface area contributed by atoms with Crippen molar-refractivity contribution in [2.24, 2.45) is 0 Å². The number of nitrogens with one attached hydrogen (secondary N) is 2. The van der Waals surface area contributed by atoms with E-state index < -0.39 is 17.1 Å². The fourth-order valence-electron chi connectivity index (χ4n) is 4.71. The van der Waals surface area contributed by atoms with Crippen LogP contribution in [0, 0.1) is 17.0 Å². The van der Waals surface area contributed by atoms with Crippen molar-refractivity contribution in [3.8, 4) is 0 Å². The van der Waals surface area contributed by atoms with Crippen LogP contribution in [0.25, 0.3) is 0 Å². The van der Waals surface area contributed by atoms with Crippen LogP contribution < -0.4 is 20.4 Å². The maximum absolute atomic E-state index is 13.6. The van der Waals surface area contributed by atoms with E-state index in [0.29, 0.717) is 42.3 Å². The van der Waals surface area contributed by atoms with Gasteiger partial charge in [-0.1, -0.05) is 6.07 Å². The molecule has 0 bridgehead atoms. The first kappa shape index (κ1) is 30.6. The van der Waals surface area contributed by atoms with Gasteiger partial charge in [0.15, 0.2) is 0 Å². The summed E-state index contributed by atoms with van der Waals surface area (Å²) in [4.78, 5) is 48.1. The summed E-state index contributed by atoms with van der Waals surface area (Å²) >= 11 is 0. The van der Waals surface area contributed by atoms with Gasteiger partial charge in [0.1, 0.15) is 11.8 Å². The maximum Gasteiger partial charge on any atom is 0.282 e. The van der Waals surface area contributed by atoms with Gasteiger partial charge >= 0.3 is 0 Å². The number of benzene rings is 2. The van der Waals surface area contributed by atoms with Crippen LogP contribution >= 0.6 is 0 Å². The number of carbonyl (C=O) groups is 2. The highest BCUT2D eigenvalue weighted by Crippen LogP contribution is 2.30. The average molecular weight is 576 g/mol. The maximum atomic E-state index is 13.6. The molecule has 0 spiro atoms. The number of nitro groups is 1. The van der Waals surface area contributed by atoms with E-state index in [1.54, 1.807) is 59.8 Å². The quantitative estimate of drug-likeness (QED) is 0.260. The van der Waals surface area contributed by atoms with Crippen LogP contribution in [0.2, 0.25) is 0 Å². The van der Waals surface area contributed by atoms with Gasteiger partial charge in [-0.15, -0.1) is 0 Å². The van der Waals surface area contributed by atoms with Gasteiger partial charge in [0.05, 0.1) is 11.5 Å². The summed E-state index contributed by atoms with van der Waals surface area (Å²) in [6, 6.07) is 13.1. The molecule has 1 aliphatic rings. The first-order chi connectivity index (χ1) is 20.2. The molecule has 1 unspecified atom stereocenters. The summed E-state index contributed by atoms with van der Waals surface area (Å²) in [5.41, 5.74) is 2.46. The van der Waals surface area contributed by atoms with E-state index in [1.807, 2.05) is 33.0 Å². The zero-order valence-corrected chi connectivity index (χ0v) is 24.4. The number of pyridine rings is 1. The van der Waals surface area contributed by atoms with Crippen LogP contribution in [-0.2, 0) is 4.74 Å². The summed E-state index contributed by atoms with van der Waals surface area (Å²) in [5, 5.41) is 17.9. The molecule has 0 radical (unpaired) electrons. The molecule has 12 nitrogen and oxygen atoms in total. The number of hydrogen-bond donors (Lipinski definition) is 2. The Bertz CT molecular complexity index is 1410. The molecule has 4 rings (SSSR count). The molecule has 1 aliphatic heterocycles. The average Bonchev–Trinajstić information content (AvgIpc) is 2.99. The van der Waals surface area contributed by atoms with E-state index in [-0.39, 0.29) is 17.2 Å². The normalized spacial score (nSPS) is 14.8. The van der Waals surface area contributed by atoms with Crippen LogP contribution in [0.4, 0.5) is 22.7 Å². The second kappa shape index (κ2) is 14.0. The highest BCUT2D eigenvalue weighted by atomic mass is 16.6. The number of carbonyl (C=O) groups excluding carboxylic acids is 2. The molecule has 2 aromatic carbocycles. The Hall–Kier alpha value is -4.39. The van der Waals surface area contributed by atoms with E-state index >= 15 is 0 Å². The summed E-state index contributed by atoms with van der Waals surface area (Å²) in [6.07, 6.45) is 3.41. The molecule has 2 N–H and O–H groups in total. The number of ether oxygens (including phenoxy) is 1. The van der Waals surface area contributed by atoms with Crippen LogP contribution in [-0.4, -0.2) is 86.8 Å². The zero-order valence-electron chi connectivity index (χ0n) is 24.4. The Kier molecular flexibility index (Phi) is 10.2. The Balaban J connectivity index is 1.64. The van der Waals surface area contributed by atoms with Crippen molar-refractivity contribution < 1.29 is 19.2 Å². The molecule has 2 amide bonds. The van der Waals surface area contributed by atoms with Crippen LogP contribution in [0.15, 0.2) is 60.9 Å². The number of nitro benzene ring substituents is 1. The lowest BCUT2D eigenvalue weighted by atomic mass is 10.1. The summed E-state index contributed by atoms with van der Waals surface area (Å²) in [6.45, 7) is 4.96. The van der Waals surface area contributed by atoms with Gasteiger partial charge in [0.25, 0.3) is 17.5 Å². The molecule has 1 fully saturated rings. The zero-order chi connectivity index (χ0) is 30.2. The molecular weight excluding hydrogens is 538 g/mol. The molecule has 1 atom stereocenters. The highest BCUT2D eigenvalue weighted by molar-refractivity contribution is 6.09. The van der Waals surface area contributed by atoms with Crippen molar-refractivity contribution in [3.05, 3.63) is 87.7 Å². The minimum atomic E-state index is -0.618. The van der Waals surface area contributed by atoms with Crippen molar-refractivity contribution in [1.29, 1.82) is 0 Å². The smallest absolute Gasteiger partial charge is 0.282 e. The number of rotatable bonds is 11. The largest absolute Gasteiger partial charge is 0.375 e. The summed E-state index contributed by atoms with van der Waals surface area (Å²) in [7, 11) is 5.89. The third-order valence-electron chi connectivity index (χ3n) is 7.05. The Labute approximate surface area is 245 Å². The lowest BCUT2D eigenvalue weighted by Gasteiger charge is -2.35. The van der Waals surface area contributed by atoms with Crippen molar-refractivity contribution in [2.75, 3.05) is 69.0 Å². The molecule has 222 valence electrons. The van der Waals surface area contributed by atoms with E-state index in [9.17, 15) is 19.7 Å². The molecule has 1 aromatic heterocycles. The van der Waals surface area contributed by atoms with Crippen molar-refractivity contribution in [1.82, 2.24) is 15.2 Å². The van der Waals surface area contributed by atoms with Gasteiger partial charge in [-0.3, -0.25) is 29.6 Å². The van der Waals surface area contributed by atoms with Crippen LogP contribution in [0.3, 0.4) is 0 Å². The van der Waals surface area contributed by atoms with Crippen molar-refractivity contribution in [2.45, 2.75) is 19.6 Å². The predicted molar refractivity (Wildman–Crippen MR) is 162 cm³/mol.